The van der Waals surface area contributed by atoms with Gasteiger partial charge in [-0.05, 0) is 13.8 Å². The minimum atomic E-state index is -1.06. The molecule has 0 fully saturated rings. The Morgan fingerprint density at radius 3 is 0.900 bits per heavy atom. The minimum Gasteiger partial charge on any atom is -0.481 e. The Bertz CT molecular complexity index is 695. The van der Waals surface area contributed by atoms with E-state index in [1.165, 1.54) is 13.8 Å². The van der Waals surface area contributed by atoms with Crippen LogP contribution in [0.5, 0.6) is 0 Å². The maximum Gasteiger partial charge on any atom is 0.317 e. The normalized spacial score (nSPS) is 9.25. The molecule has 0 aromatic heterocycles. The van der Waals surface area contributed by atoms with Crippen LogP contribution in [0.25, 0.3) is 0 Å². The number of carbonyl (C=O) groups excluding carboxylic acids is 2. The molecule has 0 saturated carbocycles. The summed E-state index contributed by atoms with van der Waals surface area (Å²) in [6.45, 7) is 3.75. The van der Waals surface area contributed by atoms with Gasteiger partial charge in [-0.15, -0.1) is 0 Å². The molecule has 0 saturated heterocycles. The number of aliphatic carboxylic acids is 6. The zero-order chi connectivity index (χ0) is 31.9. The molecule has 0 aromatic carbocycles. The van der Waals surface area contributed by atoms with E-state index >= 15 is 0 Å². The van der Waals surface area contributed by atoms with Gasteiger partial charge in [-0.1, -0.05) is 0 Å². The molecule has 0 spiro atoms. The highest BCUT2D eigenvalue weighted by atomic mass is 16.4. The molecule has 0 bridgehead atoms. The van der Waals surface area contributed by atoms with Gasteiger partial charge in [0.2, 0.25) is 0 Å². The number of nitrogens with one attached hydrogen (secondary N) is 4. The standard InChI is InChI=1S/C7H13NO3.C6H11NO3.C5H9NO4.C4H7NO4/c1-6(9)2-4-8-5-3-7(10)11;1-5(8)2-3-7-4-6(9)10;7-4(8)1-2-6-3-5(9)10;6-3(7)1-5-2-4(8)9/h8H,2-5H2,1H3,(H,10,11);7H,2-4H2,1H3,(H,9,10);6H,1-3H2,(H,7,8)(H,9,10);5H,1-2H2,(H,6,7)(H,8,9). The highest BCUT2D eigenvalue weighted by Gasteiger charge is 1.99. The second-order valence-electron chi connectivity index (χ2n) is 7.47. The predicted molar refractivity (Wildman–Crippen MR) is 137 cm³/mol. The highest BCUT2D eigenvalue weighted by Crippen LogP contribution is 1.80. The Kier molecular flexibility index (Phi) is 33.6. The molecule has 10 N–H and O–H groups in total. The fourth-order valence-corrected chi connectivity index (χ4v) is 1.71. The number of Topliss-reactive ketones (excluding diaryl/α,β-unsaturated/α-hetero) is 2. The first-order chi connectivity index (χ1) is 18.5. The Morgan fingerprint density at radius 1 is 0.375 bits per heavy atom. The summed E-state index contributed by atoms with van der Waals surface area (Å²) in [5.74, 6) is -5.56. The number of carboxylic acids is 6. The second kappa shape index (κ2) is 31.2. The van der Waals surface area contributed by atoms with Crippen molar-refractivity contribution in [2.75, 3.05) is 52.4 Å². The van der Waals surface area contributed by atoms with Crippen molar-refractivity contribution < 1.29 is 69.0 Å². The molecule has 0 aromatic rings. The van der Waals surface area contributed by atoms with E-state index in [4.69, 9.17) is 30.6 Å². The van der Waals surface area contributed by atoms with Crippen LogP contribution in [-0.4, -0.2) is 130 Å². The molecule has 0 heterocycles. The van der Waals surface area contributed by atoms with E-state index in [1.807, 2.05) is 0 Å². The van der Waals surface area contributed by atoms with Crippen LogP contribution < -0.4 is 21.3 Å². The van der Waals surface area contributed by atoms with Gasteiger partial charge in [0.25, 0.3) is 0 Å². The number of ketones is 2. The maximum absolute atomic E-state index is 10.4. The lowest BCUT2D eigenvalue weighted by atomic mass is 10.3. The molecule has 0 aliphatic heterocycles. The number of carbonyl (C=O) groups is 8. The van der Waals surface area contributed by atoms with Crippen molar-refractivity contribution in [3.63, 3.8) is 0 Å². The van der Waals surface area contributed by atoms with Gasteiger partial charge in [-0.25, -0.2) is 0 Å². The quantitative estimate of drug-likeness (QED) is 0.0664. The van der Waals surface area contributed by atoms with Gasteiger partial charge in [0.15, 0.2) is 0 Å². The fourth-order valence-electron chi connectivity index (χ4n) is 1.71. The first kappa shape index (κ1) is 43.1. The van der Waals surface area contributed by atoms with Crippen molar-refractivity contribution in [1.82, 2.24) is 21.3 Å². The molecule has 0 atom stereocenters. The average Bonchev–Trinajstić information content (AvgIpc) is 2.79. The summed E-state index contributed by atoms with van der Waals surface area (Å²) in [5, 5.41) is 58.5. The zero-order valence-corrected chi connectivity index (χ0v) is 22.4. The molecule has 232 valence electrons. The van der Waals surface area contributed by atoms with Crippen molar-refractivity contribution in [3.8, 4) is 0 Å². The van der Waals surface area contributed by atoms with Crippen LogP contribution in [0.3, 0.4) is 0 Å². The summed E-state index contributed by atoms with van der Waals surface area (Å²) in [4.78, 5) is 79.7. The number of hydrogen-bond acceptors (Lipinski definition) is 12. The molecule has 18 nitrogen and oxygen atoms in total. The van der Waals surface area contributed by atoms with E-state index in [-0.39, 0.29) is 57.1 Å². The van der Waals surface area contributed by atoms with E-state index in [0.717, 1.165) is 0 Å². The molecule has 0 aliphatic rings. The van der Waals surface area contributed by atoms with E-state index in [9.17, 15) is 38.4 Å². The van der Waals surface area contributed by atoms with E-state index in [2.05, 4.69) is 21.3 Å². The Hall–Kier alpha value is -4.00. The molecule has 0 unspecified atom stereocenters. The summed E-state index contributed by atoms with van der Waals surface area (Å²) in [6, 6.07) is 0. The molecule has 0 amide bonds. The van der Waals surface area contributed by atoms with Crippen LogP contribution in [0.2, 0.25) is 0 Å². The molecule has 40 heavy (non-hydrogen) atoms. The van der Waals surface area contributed by atoms with Crippen LogP contribution >= 0.6 is 0 Å². The largest absolute Gasteiger partial charge is 0.481 e. The van der Waals surface area contributed by atoms with Gasteiger partial charge >= 0.3 is 35.8 Å². The third-order valence-corrected chi connectivity index (χ3v) is 3.44. The van der Waals surface area contributed by atoms with Gasteiger partial charge in [0, 0.05) is 39.0 Å². The van der Waals surface area contributed by atoms with Gasteiger partial charge < -0.3 is 46.6 Å². The molecular formula is C22H40N4O14. The molecular weight excluding hydrogens is 544 g/mol. The van der Waals surface area contributed by atoms with Crippen LogP contribution in [-0.2, 0) is 38.4 Å². The third-order valence-electron chi connectivity index (χ3n) is 3.44. The first-order valence-electron chi connectivity index (χ1n) is 11.6. The van der Waals surface area contributed by atoms with Crippen molar-refractivity contribution in [1.29, 1.82) is 0 Å². The average molecular weight is 585 g/mol. The number of rotatable bonds is 20. The summed E-state index contributed by atoms with van der Waals surface area (Å²) >= 11 is 0. The minimum absolute atomic E-state index is 0.0483. The van der Waals surface area contributed by atoms with Crippen molar-refractivity contribution in [3.05, 3.63) is 0 Å². The molecule has 0 aliphatic carbocycles. The molecule has 0 radical (unpaired) electrons. The van der Waals surface area contributed by atoms with E-state index in [1.54, 1.807) is 0 Å². The monoisotopic (exact) mass is 584 g/mol. The lowest BCUT2D eigenvalue weighted by Crippen LogP contribution is -2.27. The predicted octanol–water partition coefficient (Wildman–Crippen LogP) is -2.45. The third kappa shape index (κ3) is 64.3. The lowest BCUT2D eigenvalue weighted by Gasteiger charge is -1.98. The van der Waals surface area contributed by atoms with Gasteiger partial charge in [0.1, 0.15) is 11.6 Å². The van der Waals surface area contributed by atoms with Crippen molar-refractivity contribution >= 4 is 47.4 Å². The van der Waals surface area contributed by atoms with E-state index < -0.39 is 35.8 Å². The van der Waals surface area contributed by atoms with Crippen LogP contribution in [0.4, 0.5) is 0 Å². The Labute approximate surface area is 230 Å². The summed E-state index contributed by atoms with van der Waals surface area (Å²) in [7, 11) is 0. The molecule has 18 heteroatoms. The number of hydrogen-bond donors (Lipinski definition) is 10. The fraction of sp³-hybridized carbons (Fsp3) is 0.636. The Balaban J connectivity index is -0.000000217. The summed E-state index contributed by atoms with van der Waals surface area (Å²) in [6.07, 6.45) is 0.929. The zero-order valence-electron chi connectivity index (χ0n) is 22.4. The lowest BCUT2D eigenvalue weighted by molar-refractivity contribution is -0.138. The van der Waals surface area contributed by atoms with Gasteiger partial charge in [0.05, 0.1) is 39.0 Å². The van der Waals surface area contributed by atoms with Crippen molar-refractivity contribution in [2.24, 2.45) is 0 Å². The second-order valence-corrected chi connectivity index (χ2v) is 7.47. The van der Waals surface area contributed by atoms with Crippen molar-refractivity contribution in [2.45, 2.75) is 39.5 Å². The van der Waals surface area contributed by atoms with Crippen LogP contribution in [0.15, 0.2) is 0 Å². The summed E-state index contributed by atoms with van der Waals surface area (Å²) in [5.41, 5.74) is 0. The van der Waals surface area contributed by atoms with Crippen LogP contribution in [0.1, 0.15) is 39.5 Å². The van der Waals surface area contributed by atoms with E-state index in [0.29, 0.717) is 32.5 Å². The highest BCUT2D eigenvalue weighted by molar-refractivity contribution is 5.76. The van der Waals surface area contributed by atoms with Gasteiger partial charge in [-0.3, -0.25) is 43.7 Å². The SMILES string of the molecule is CC(=O)CCNCC(=O)O.CC(=O)CCNCCC(=O)O.O=C(O)CCNCC(=O)O.O=C(O)CNCC(=O)O. The topological polar surface area (TPSA) is 306 Å². The Morgan fingerprint density at radius 2 is 0.625 bits per heavy atom. The summed E-state index contributed by atoms with van der Waals surface area (Å²) < 4.78 is 0. The first-order valence-corrected chi connectivity index (χ1v) is 11.6. The van der Waals surface area contributed by atoms with Gasteiger partial charge in [-0.2, -0.15) is 0 Å². The molecule has 0 rings (SSSR count). The smallest absolute Gasteiger partial charge is 0.317 e. The maximum atomic E-state index is 10.4. The number of carboxylic acid groups (broad SMARTS) is 6. The van der Waals surface area contributed by atoms with Crippen LogP contribution in [0, 0.1) is 0 Å².